The number of rotatable bonds is 4. The molecule has 0 aromatic heterocycles. The number of carbonyl (C=O) groups is 1. The lowest BCUT2D eigenvalue weighted by atomic mass is 9.83. The van der Waals surface area contributed by atoms with Gasteiger partial charge < -0.3 is 10.5 Å². The molecule has 1 aliphatic rings. The number of hydrogen-bond acceptors (Lipinski definition) is 3. The minimum Gasteiger partial charge on any atom is -0.469 e. The number of ether oxygens (including phenoxy) is 1. The summed E-state index contributed by atoms with van der Waals surface area (Å²) in [5, 5.41) is 0. The van der Waals surface area contributed by atoms with Gasteiger partial charge in [-0.2, -0.15) is 0 Å². The third kappa shape index (κ3) is 2.41. The van der Waals surface area contributed by atoms with Gasteiger partial charge >= 0.3 is 5.97 Å². The summed E-state index contributed by atoms with van der Waals surface area (Å²) in [6.45, 7) is 2.17. The molecule has 0 spiro atoms. The van der Waals surface area contributed by atoms with Gasteiger partial charge in [0, 0.05) is 6.54 Å². The van der Waals surface area contributed by atoms with Crippen LogP contribution < -0.4 is 5.73 Å². The molecule has 1 aromatic carbocycles. The second-order valence-corrected chi connectivity index (χ2v) is 5.39. The number of esters is 1. The van der Waals surface area contributed by atoms with Crippen LogP contribution in [-0.2, 0) is 28.8 Å². The number of hydrogen-bond donors (Lipinski definition) is 1. The van der Waals surface area contributed by atoms with E-state index >= 15 is 0 Å². The standard InChI is InChI=1S/C15H21NO2/c1-15(10-16,14(17)18-2)9-11-6-7-12-4-3-5-13(12)8-11/h6-8H,3-5,9-10,16H2,1-2H3. The highest BCUT2D eigenvalue weighted by Crippen LogP contribution is 2.27. The lowest BCUT2D eigenvalue weighted by molar-refractivity contribution is -0.151. The van der Waals surface area contributed by atoms with Crippen LogP contribution in [0.5, 0.6) is 0 Å². The van der Waals surface area contributed by atoms with Gasteiger partial charge in [-0.15, -0.1) is 0 Å². The van der Waals surface area contributed by atoms with Gasteiger partial charge in [0.2, 0.25) is 0 Å². The Labute approximate surface area is 108 Å². The molecule has 0 heterocycles. The highest BCUT2D eigenvalue weighted by Gasteiger charge is 2.33. The van der Waals surface area contributed by atoms with Gasteiger partial charge in [0.15, 0.2) is 0 Å². The Balaban J connectivity index is 2.20. The maximum absolute atomic E-state index is 11.8. The van der Waals surface area contributed by atoms with Gasteiger partial charge in [0.25, 0.3) is 0 Å². The van der Waals surface area contributed by atoms with E-state index in [-0.39, 0.29) is 5.97 Å². The summed E-state index contributed by atoms with van der Waals surface area (Å²) in [5.74, 6) is -0.231. The summed E-state index contributed by atoms with van der Waals surface area (Å²) >= 11 is 0. The zero-order valence-corrected chi connectivity index (χ0v) is 11.2. The molecule has 3 nitrogen and oxygen atoms in total. The zero-order chi connectivity index (χ0) is 13.2. The molecule has 0 fully saturated rings. The molecule has 0 saturated carbocycles. The minimum atomic E-state index is -0.623. The van der Waals surface area contributed by atoms with Gasteiger partial charge in [0.1, 0.15) is 0 Å². The lowest BCUT2D eigenvalue weighted by Gasteiger charge is -2.25. The molecule has 18 heavy (non-hydrogen) atoms. The first kappa shape index (κ1) is 13.1. The summed E-state index contributed by atoms with van der Waals surface area (Å²) in [6.07, 6.45) is 4.22. The Morgan fingerprint density at radius 2 is 2.11 bits per heavy atom. The second kappa shape index (κ2) is 5.11. The van der Waals surface area contributed by atoms with E-state index in [0.29, 0.717) is 13.0 Å². The average molecular weight is 247 g/mol. The minimum absolute atomic E-state index is 0.231. The Morgan fingerprint density at radius 1 is 1.39 bits per heavy atom. The largest absolute Gasteiger partial charge is 0.469 e. The molecule has 0 bridgehead atoms. The van der Waals surface area contributed by atoms with Gasteiger partial charge in [-0.05, 0) is 49.3 Å². The van der Waals surface area contributed by atoms with E-state index in [9.17, 15) is 4.79 Å². The number of fused-ring (bicyclic) bond motifs is 1. The SMILES string of the molecule is COC(=O)C(C)(CN)Cc1ccc2c(c1)CCC2. The molecular formula is C15H21NO2. The van der Waals surface area contributed by atoms with Crippen molar-refractivity contribution in [1.82, 2.24) is 0 Å². The fourth-order valence-electron chi connectivity index (χ4n) is 2.66. The molecule has 1 aromatic rings. The van der Waals surface area contributed by atoms with Crippen LogP contribution in [0, 0.1) is 5.41 Å². The predicted octanol–water partition coefficient (Wildman–Crippen LogP) is 1.86. The van der Waals surface area contributed by atoms with Crippen LogP contribution in [0.4, 0.5) is 0 Å². The third-order valence-corrected chi connectivity index (χ3v) is 3.89. The molecule has 2 N–H and O–H groups in total. The molecule has 3 heteroatoms. The third-order valence-electron chi connectivity index (χ3n) is 3.89. The van der Waals surface area contributed by atoms with Gasteiger partial charge in [-0.25, -0.2) is 0 Å². The second-order valence-electron chi connectivity index (χ2n) is 5.39. The fraction of sp³-hybridized carbons (Fsp3) is 0.533. The molecule has 0 radical (unpaired) electrons. The van der Waals surface area contributed by atoms with Crippen molar-refractivity contribution in [2.75, 3.05) is 13.7 Å². The Kier molecular flexibility index (Phi) is 3.71. The number of methoxy groups -OCH3 is 1. The molecule has 2 rings (SSSR count). The molecule has 98 valence electrons. The smallest absolute Gasteiger partial charge is 0.313 e. The van der Waals surface area contributed by atoms with Crippen LogP contribution in [0.1, 0.15) is 30.0 Å². The summed E-state index contributed by atoms with van der Waals surface area (Å²) < 4.78 is 4.85. The van der Waals surface area contributed by atoms with E-state index in [1.807, 2.05) is 6.92 Å². The van der Waals surface area contributed by atoms with E-state index in [1.165, 1.54) is 36.6 Å². The van der Waals surface area contributed by atoms with Crippen molar-refractivity contribution in [1.29, 1.82) is 0 Å². The first-order valence-corrected chi connectivity index (χ1v) is 6.48. The molecular weight excluding hydrogens is 226 g/mol. The van der Waals surface area contributed by atoms with Gasteiger partial charge in [-0.3, -0.25) is 4.79 Å². The zero-order valence-electron chi connectivity index (χ0n) is 11.2. The quantitative estimate of drug-likeness (QED) is 0.826. The predicted molar refractivity (Wildman–Crippen MR) is 71.3 cm³/mol. The molecule has 0 aliphatic heterocycles. The lowest BCUT2D eigenvalue weighted by Crippen LogP contribution is -2.38. The van der Waals surface area contributed by atoms with Crippen molar-refractivity contribution in [3.63, 3.8) is 0 Å². The van der Waals surface area contributed by atoms with E-state index in [4.69, 9.17) is 10.5 Å². The highest BCUT2D eigenvalue weighted by molar-refractivity contribution is 5.77. The maximum Gasteiger partial charge on any atom is 0.313 e. The van der Waals surface area contributed by atoms with E-state index in [2.05, 4.69) is 18.2 Å². The monoisotopic (exact) mass is 247 g/mol. The Morgan fingerprint density at radius 3 is 2.78 bits per heavy atom. The van der Waals surface area contributed by atoms with Crippen molar-refractivity contribution >= 4 is 5.97 Å². The molecule has 1 unspecified atom stereocenters. The number of carbonyl (C=O) groups excluding carboxylic acids is 1. The van der Waals surface area contributed by atoms with Crippen molar-refractivity contribution in [3.8, 4) is 0 Å². The number of nitrogens with two attached hydrogens (primary N) is 1. The fourth-order valence-corrected chi connectivity index (χ4v) is 2.66. The van der Waals surface area contributed by atoms with Crippen LogP contribution in [0.25, 0.3) is 0 Å². The Bertz CT molecular complexity index is 456. The number of benzene rings is 1. The van der Waals surface area contributed by atoms with Crippen molar-refractivity contribution in [2.24, 2.45) is 11.1 Å². The number of aryl methyl sites for hydroxylation is 2. The topological polar surface area (TPSA) is 52.3 Å². The van der Waals surface area contributed by atoms with Gasteiger partial charge in [-0.1, -0.05) is 18.2 Å². The summed E-state index contributed by atoms with van der Waals surface area (Å²) in [5.41, 5.74) is 9.17. The van der Waals surface area contributed by atoms with Crippen LogP contribution in [0.15, 0.2) is 18.2 Å². The maximum atomic E-state index is 11.8. The summed E-state index contributed by atoms with van der Waals surface area (Å²) in [7, 11) is 1.42. The molecule has 1 aliphatic carbocycles. The van der Waals surface area contributed by atoms with Crippen LogP contribution in [0.2, 0.25) is 0 Å². The summed E-state index contributed by atoms with van der Waals surface area (Å²) in [4.78, 5) is 11.8. The van der Waals surface area contributed by atoms with Crippen molar-refractivity contribution in [3.05, 3.63) is 34.9 Å². The average Bonchev–Trinajstić information content (AvgIpc) is 2.84. The van der Waals surface area contributed by atoms with Gasteiger partial charge in [0.05, 0.1) is 12.5 Å². The first-order chi connectivity index (χ1) is 8.59. The molecule has 1 atom stereocenters. The molecule has 0 saturated heterocycles. The first-order valence-electron chi connectivity index (χ1n) is 6.48. The van der Waals surface area contributed by atoms with Crippen LogP contribution in [-0.4, -0.2) is 19.6 Å². The van der Waals surface area contributed by atoms with E-state index in [0.717, 1.165) is 6.42 Å². The van der Waals surface area contributed by atoms with E-state index < -0.39 is 5.41 Å². The molecule has 0 amide bonds. The summed E-state index contributed by atoms with van der Waals surface area (Å²) in [6, 6.07) is 6.52. The van der Waals surface area contributed by atoms with Crippen LogP contribution in [0.3, 0.4) is 0 Å². The van der Waals surface area contributed by atoms with E-state index in [1.54, 1.807) is 0 Å². The highest BCUT2D eigenvalue weighted by atomic mass is 16.5. The van der Waals surface area contributed by atoms with Crippen molar-refractivity contribution in [2.45, 2.75) is 32.6 Å². The van der Waals surface area contributed by atoms with Crippen molar-refractivity contribution < 1.29 is 9.53 Å². The normalized spacial score (nSPS) is 17.1. The Hall–Kier alpha value is -1.35. The van der Waals surface area contributed by atoms with Crippen LogP contribution >= 0.6 is 0 Å².